The van der Waals surface area contributed by atoms with Gasteiger partial charge in [-0.2, -0.15) is 5.10 Å². The summed E-state index contributed by atoms with van der Waals surface area (Å²) in [4.78, 5) is 14.2. The van der Waals surface area contributed by atoms with Gasteiger partial charge in [-0.05, 0) is 0 Å². The molecule has 0 radical (unpaired) electrons. The highest BCUT2D eigenvalue weighted by Crippen LogP contribution is 2.20. The van der Waals surface area contributed by atoms with Gasteiger partial charge in [-0.1, -0.05) is 0 Å². The molecular formula is C11H17ClN4O2. The van der Waals surface area contributed by atoms with Crippen LogP contribution >= 0.6 is 12.4 Å². The number of hydrogen-bond donors (Lipinski definition) is 1. The van der Waals surface area contributed by atoms with E-state index < -0.39 is 0 Å². The topological polar surface area (TPSA) is 59.4 Å². The maximum atomic E-state index is 12.3. The lowest BCUT2D eigenvalue weighted by molar-refractivity contribution is 0.0298. The lowest BCUT2D eigenvalue weighted by Gasteiger charge is -2.26. The van der Waals surface area contributed by atoms with Crippen LogP contribution in [-0.4, -0.2) is 46.9 Å². The number of carbonyl (C=O) groups excluding carboxylic acids is 1. The Hall–Kier alpha value is -1.11. The minimum atomic E-state index is 0. The summed E-state index contributed by atoms with van der Waals surface area (Å²) in [5.74, 6) is 0.0360. The minimum absolute atomic E-state index is 0. The third kappa shape index (κ3) is 2.11. The normalized spacial score (nSPS) is 18.4. The fraction of sp³-hybridized carbons (Fsp3) is 0.636. The summed E-state index contributed by atoms with van der Waals surface area (Å²) < 4.78 is 7.06. The van der Waals surface area contributed by atoms with E-state index in [2.05, 4.69) is 10.4 Å². The van der Waals surface area contributed by atoms with Crippen molar-refractivity contribution in [1.82, 2.24) is 20.0 Å². The third-order valence-electron chi connectivity index (χ3n) is 3.37. The number of ether oxygens (including phenoxy) is 1. The van der Waals surface area contributed by atoms with E-state index in [0.717, 1.165) is 24.3 Å². The van der Waals surface area contributed by atoms with Crippen molar-refractivity contribution in [2.45, 2.75) is 13.1 Å². The first-order chi connectivity index (χ1) is 8.27. The van der Waals surface area contributed by atoms with Crippen molar-refractivity contribution in [2.75, 3.05) is 26.3 Å². The van der Waals surface area contributed by atoms with Crippen LogP contribution < -0.4 is 5.32 Å². The molecule has 18 heavy (non-hydrogen) atoms. The monoisotopic (exact) mass is 272 g/mol. The zero-order valence-electron chi connectivity index (χ0n) is 10.3. The first kappa shape index (κ1) is 13.3. The average molecular weight is 273 g/mol. The summed E-state index contributed by atoms with van der Waals surface area (Å²) in [6.07, 6.45) is 0. The molecule has 0 aromatic carbocycles. The van der Waals surface area contributed by atoms with Crippen LogP contribution in [0.1, 0.15) is 21.7 Å². The van der Waals surface area contributed by atoms with Crippen LogP contribution in [0, 0.1) is 0 Å². The largest absolute Gasteiger partial charge is 0.378 e. The Morgan fingerprint density at radius 2 is 2.06 bits per heavy atom. The van der Waals surface area contributed by atoms with Gasteiger partial charge in [0.05, 0.1) is 18.9 Å². The van der Waals surface area contributed by atoms with Crippen LogP contribution in [0.15, 0.2) is 0 Å². The second kappa shape index (κ2) is 5.26. The zero-order valence-corrected chi connectivity index (χ0v) is 11.1. The minimum Gasteiger partial charge on any atom is -0.378 e. The Labute approximate surface area is 112 Å². The predicted octanol–water partition coefficient (Wildman–Crippen LogP) is -0.0825. The number of nitrogens with one attached hydrogen (secondary N) is 1. The van der Waals surface area contributed by atoms with Crippen molar-refractivity contribution < 1.29 is 9.53 Å². The molecule has 1 aromatic heterocycles. The summed E-state index contributed by atoms with van der Waals surface area (Å²) in [6.45, 7) is 4.12. The molecule has 2 aliphatic rings. The van der Waals surface area contributed by atoms with Gasteiger partial charge < -0.3 is 15.0 Å². The molecule has 3 rings (SSSR count). The SMILES string of the molecule is Cl.Cn1nc(C(=O)N2CCOCC2)c2c1CNC2. The Balaban J connectivity index is 0.00000120. The Kier molecular flexibility index (Phi) is 3.89. The molecule has 0 spiro atoms. The van der Waals surface area contributed by atoms with Crippen molar-refractivity contribution >= 4 is 18.3 Å². The summed E-state index contributed by atoms with van der Waals surface area (Å²) in [5.41, 5.74) is 2.79. The molecule has 2 aliphatic heterocycles. The molecule has 0 bridgehead atoms. The van der Waals surface area contributed by atoms with E-state index in [1.807, 2.05) is 16.6 Å². The summed E-state index contributed by atoms with van der Waals surface area (Å²) >= 11 is 0. The number of amides is 1. The highest BCUT2D eigenvalue weighted by Gasteiger charge is 2.28. The molecular weight excluding hydrogens is 256 g/mol. The predicted molar refractivity (Wildman–Crippen MR) is 67.7 cm³/mol. The van der Waals surface area contributed by atoms with Crippen LogP contribution in [0.2, 0.25) is 0 Å². The number of carbonyl (C=O) groups is 1. The van der Waals surface area contributed by atoms with Gasteiger partial charge in [0.15, 0.2) is 5.69 Å². The second-order valence-electron chi connectivity index (χ2n) is 4.41. The van der Waals surface area contributed by atoms with Crippen molar-refractivity contribution in [3.8, 4) is 0 Å². The molecule has 0 saturated carbocycles. The third-order valence-corrected chi connectivity index (χ3v) is 3.37. The van der Waals surface area contributed by atoms with Crippen LogP contribution in [0.3, 0.4) is 0 Å². The summed E-state index contributed by atoms with van der Waals surface area (Å²) in [5, 5.41) is 7.60. The zero-order chi connectivity index (χ0) is 11.8. The molecule has 1 fully saturated rings. The number of halogens is 1. The van der Waals surface area contributed by atoms with E-state index in [4.69, 9.17) is 4.74 Å². The van der Waals surface area contributed by atoms with Gasteiger partial charge in [0, 0.05) is 38.8 Å². The molecule has 0 atom stereocenters. The van der Waals surface area contributed by atoms with Crippen LogP contribution in [0.25, 0.3) is 0 Å². The first-order valence-corrected chi connectivity index (χ1v) is 5.90. The van der Waals surface area contributed by atoms with Crippen LogP contribution in [-0.2, 0) is 24.9 Å². The molecule has 1 aromatic rings. The van der Waals surface area contributed by atoms with E-state index in [1.165, 1.54) is 0 Å². The maximum absolute atomic E-state index is 12.3. The number of fused-ring (bicyclic) bond motifs is 1. The summed E-state index contributed by atoms with van der Waals surface area (Å²) in [7, 11) is 1.89. The van der Waals surface area contributed by atoms with Gasteiger partial charge >= 0.3 is 0 Å². The van der Waals surface area contributed by atoms with Crippen LogP contribution in [0.4, 0.5) is 0 Å². The van der Waals surface area contributed by atoms with E-state index in [-0.39, 0.29) is 18.3 Å². The lowest BCUT2D eigenvalue weighted by atomic mass is 10.2. The molecule has 1 amide bonds. The Morgan fingerprint density at radius 3 is 2.78 bits per heavy atom. The maximum Gasteiger partial charge on any atom is 0.274 e. The summed E-state index contributed by atoms with van der Waals surface area (Å²) in [6, 6.07) is 0. The molecule has 6 nitrogen and oxygen atoms in total. The standard InChI is InChI=1S/C11H16N4O2.ClH/c1-14-9-7-12-6-8(9)10(13-14)11(16)15-2-4-17-5-3-15;/h12H,2-7H2,1H3;1H. The number of aryl methyl sites for hydroxylation is 1. The molecule has 1 N–H and O–H groups in total. The second-order valence-corrected chi connectivity index (χ2v) is 4.41. The van der Waals surface area contributed by atoms with E-state index in [1.54, 1.807) is 0 Å². The molecule has 1 saturated heterocycles. The first-order valence-electron chi connectivity index (χ1n) is 5.90. The van der Waals surface area contributed by atoms with Gasteiger partial charge in [-0.15, -0.1) is 12.4 Å². The van der Waals surface area contributed by atoms with E-state index in [0.29, 0.717) is 32.0 Å². The fourth-order valence-corrected chi connectivity index (χ4v) is 2.40. The van der Waals surface area contributed by atoms with E-state index in [9.17, 15) is 4.79 Å². The lowest BCUT2D eigenvalue weighted by Crippen LogP contribution is -2.41. The highest BCUT2D eigenvalue weighted by atomic mass is 35.5. The van der Waals surface area contributed by atoms with Crippen molar-refractivity contribution in [3.05, 3.63) is 17.0 Å². The molecule has 100 valence electrons. The van der Waals surface area contributed by atoms with Gasteiger partial charge in [0.2, 0.25) is 0 Å². The quantitative estimate of drug-likeness (QED) is 0.777. The average Bonchev–Trinajstić information content (AvgIpc) is 2.94. The smallest absolute Gasteiger partial charge is 0.274 e. The van der Waals surface area contributed by atoms with Crippen molar-refractivity contribution in [3.63, 3.8) is 0 Å². The number of morpholine rings is 1. The molecule has 0 unspecified atom stereocenters. The van der Waals surface area contributed by atoms with Crippen molar-refractivity contribution in [2.24, 2.45) is 7.05 Å². The number of nitrogens with zero attached hydrogens (tertiary/aromatic N) is 3. The van der Waals surface area contributed by atoms with Gasteiger partial charge in [0.1, 0.15) is 0 Å². The number of hydrogen-bond acceptors (Lipinski definition) is 4. The number of rotatable bonds is 1. The Morgan fingerprint density at radius 1 is 1.33 bits per heavy atom. The molecule has 0 aliphatic carbocycles. The molecule has 3 heterocycles. The highest BCUT2D eigenvalue weighted by molar-refractivity contribution is 5.94. The Bertz CT molecular complexity index is 454. The van der Waals surface area contributed by atoms with Gasteiger partial charge in [0.25, 0.3) is 5.91 Å². The van der Waals surface area contributed by atoms with Gasteiger partial charge in [-0.25, -0.2) is 0 Å². The van der Waals surface area contributed by atoms with Crippen molar-refractivity contribution in [1.29, 1.82) is 0 Å². The number of aromatic nitrogens is 2. The van der Waals surface area contributed by atoms with E-state index >= 15 is 0 Å². The van der Waals surface area contributed by atoms with Crippen LogP contribution in [0.5, 0.6) is 0 Å². The molecule has 7 heteroatoms. The van der Waals surface area contributed by atoms with Gasteiger partial charge in [-0.3, -0.25) is 9.48 Å². The fourth-order valence-electron chi connectivity index (χ4n) is 2.40.